The molecule has 1 aliphatic heterocycles. The molecular weight excluding hydrogens is 479 g/mol. The number of nitrogens with one attached hydrogen (secondary N) is 2. The van der Waals surface area contributed by atoms with Crippen molar-refractivity contribution >= 4 is 40.0 Å². The lowest BCUT2D eigenvalue weighted by Crippen LogP contribution is -2.55. The number of thioether (sulfide) groups is 1. The SMILES string of the molecule is COc1cc([C@@H]2Nc3ccccc3-c3c(=O)[nH]c(SC)n[n+]32)cc(I)c1O. The highest BCUT2D eigenvalue weighted by atomic mass is 127. The molecule has 4 rings (SSSR count). The van der Waals surface area contributed by atoms with Crippen LogP contribution in [-0.4, -0.2) is 28.6 Å². The van der Waals surface area contributed by atoms with Gasteiger partial charge in [0, 0.05) is 10.7 Å². The smallest absolute Gasteiger partial charge is 0.325 e. The van der Waals surface area contributed by atoms with Crippen LogP contribution in [0.1, 0.15) is 11.7 Å². The van der Waals surface area contributed by atoms with Crippen molar-refractivity contribution in [2.24, 2.45) is 0 Å². The molecule has 1 atom stereocenters. The van der Waals surface area contributed by atoms with Crippen LogP contribution in [0.5, 0.6) is 11.5 Å². The molecule has 27 heavy (non-hydrogen) atoms. The van der Waals surface area contributed by atoms with E-state index in [1.54, 1.807) is 10.7 Å². The zero-order valence-electron chi connectivity index (χ0n) is 14.5. The summed E-state index contributed by atoms with van der Waals surface area (Å²) in [6.07, 6.45) is 1.43. The number of halogens is 1. The lowest BCUT2D eigenvalue weighted by Gasteiger charge is -2.23. The van der Waals surface area contributed by atoms with E-state index in [0.29, 0.717) is 20.2 Å². The zero-order chi connectivity index (χ0) is 19.1. The molecule has 0 radical (unpaired) electrons. The second-order valence-electron chi connectivity index (χ2n) is 5.90. The van der Waals surface area contributed by atoms with Crippen molar-refractivity contribution in [3.8, 4) is 22.8 Å². The van der Waals surface area contributed by atoms with Crippen molar-refractivity contribution in [2.75, 3.05) is 18.7 Å². The van der Waals surface area contributed by atoms with Crippen molar-refractivity contribution < 1.29 is 14.5 Å². The Morgan fingerprint density at radius 1 is 1.33 bits per heavy atom. The number of anilines is 1. The lowest BCUT2D eigenvalue weighted by molar-refractivity contribution is -0.759. The van der Waals surface area contributed by atoms with Gasteiger partial charge in [0.25, 0.3) is 6.17 Å². The molecule has 0 bridgehead atoms. The summed E-state index contributed by atoms with van der Waals surface area (Å²) in [5.41, 5.74) is 2.73. The molecule has 0 spiro atoms. The highest BCUT2D eigenvalue weighted by Gasteiger charge is 2.38. The fourth-order valence-electron chi connectivity index (χ4n) is 3.11. The Kier molecular flexibility index (Phi) is 4.72. The number of nitrogens with zero attached hydrogens (tertiary/aromatic N) is 2. The summed E-state index contributed by atoms with van der Waals surface area (Å²) in [4.78, 5) is 15.6. The second-order valence-corrected chi connectivity index (χ2v) is 7.86. The molecule has 0 aliphatic carbocycles. The van der Waals surface area contributed by atoms with Crippen LogP contribution in [0.25, 0.3) is 11.3 Å². The number of phenolic OH excluding ortho intramolecular Hbond substituents is 1. The zero-order valence-corrected chi connectivity index (χ0v) is 17.5. The van der Waals surface area contributed by atoms with Crippen LogP contribution in [0.15, 0.2) is 46.3 Å². The minimum absolute atomic E-state index is 0.0898. The third-order valence-electron chi connectivity index (χ3n) is 4.36. The third kappa shape index (κ3) is 3.04. The van der Waals surface area contributed by atoms with Gasteiger partial charge in [0.1, 0.15) is 0 Å². The van der Waals surface area contributed by atoms with Gasteiger partial charge in [0.15, 0.2) is 11.5 Å². The van der Waals surface area contributed by atoms with Crippen LogP contribution in [-0.2, 0) is 0 Å². The van der Waals surface area contributed by atoms with E-state index in [-0.39, 0.29) is 11.3 Å². The minimum Gasteiger partial charge on any atom is -0.504 e. The number of aromatic nitrogens is 3. The molecule has 0 fully saturated rings. The van der Waals surface area contributed by atoms with E-state index in [1.807, 2.05) is 36.6 Å². The fourth-order valence-corrected chi connectivity index (χ4v) is 4.10. The van der Waals surface area contributed by atoms with Crippen LogP contribution in [0, 0.1) is 3.57 Å². The van der Waals surface area contributed by atoms with E-state index in [9.17, 15) is 9.90 Å². The summed E-state index contributed by atoms with van der Waals surface area (Å²) < 4.78 is 7.64. The molecule has 138 valence electrons. The van der Waals surface area contributed by atoms with E-state index < -0.39 is 6.17 Å². The molecule has 3 aromatic rings. The molecule has 2 aromatic carbocycles. The molecule has 1 aromatic heterocycles. The Balaban J connectivity index is 1.99. The number of benzene rings is 2. The predicted molar refractivity (Wildman–Crippen MR) is 111 cm³/mol. The maximum Gasteiger partial charge on any atom is 0.325 e. The van der Waals surface area contributed by atoms with Crippen LogP contribution < -0.4 is 20.3 Å². The van der Waals surface area contributed by atoms with Gasteiger partial charge < -0.3 is 15.2 Å². The Morgan fingerprint density at radius 2 is 2.11 bits per heavy atom. The number of phenols is 1. The first kappa shape index (κ1) is 18.1. The Bertz CT molecular complexity index is 1100. The quantitative estimate of drug-likeness (QED) is 0.294. The first-order valence-corrected chi connectivity index (χ1v) is 10.4. The number of ether oxygens (including phenoxy) is 1. The monoisotopic (exact) mass is 495 g/mol. The second kappa shape index (κ2) is 7.04. The molecule has 0 saturated carbocycles. The van der Waals surface area contributed by atoms with Gasteiger partial charge in [0.05, 0.1) is 21.9 Å². The lowest BCUT2D eigenvalue weighted by atomic mass is 10.0. The van der Waals surface area contributed by atoms with E-state index >= 15 is 0 Å². The van der Waals surface area contributed by atoms with Crippen LogP contribution >= 0.6 is 34.4 Å². The average Bonchev–Trinajstić information content (AvgIpc) is 2.68. The van der Waals surface area contributed by atoms with E-state index in [4.69, 9.17) is 4.74 Å². The number of rotatable bonds is 3. The summed E-state index contributed by atoms with van der Waals surface area (Å²) >= 11 is 3.42. The first-order valence-electron chi connectivity index (χ1n) is 8.06. The molecule has 7 nitrogen and oxygen atoms in total. The van der Waals surface area contributed by atoms with Gasteiger partial charge in [-0.05, 0) is 57.8 Å². The number of hydrogen-bond acceptors (Lipinski definition) is 6. The van der Waals surface area contributed by atoms with Gasteiger partial charge in [-0.1, -0.05) is 23.9 Å². The Morgan fingerprint density at radius 3 is 2.85 bits per heavy atom. The van der Waals surface area contributed by atoms with Crippen molar-refractivity contribution in [1.82, 2.24) is 10.1 Å². The third-order valence-corrected chi connectivity index (χ3v) is 5.75. The molecular formula is C18H16IN4O3S+. The minimum atomic E-state index is -0.425. The van der Waals surface area contributed by atoms with E-state index in [1.165, 1.54) is 18.9 Å². The van der Waals surface area contributed by atoms with Crippen LogP contribution in [0.4, 0.5) is 5.69 Å². The van der Waals surface area contributed by atoms with Crippen molar-refractivity contribution in [2.45, 2.75) is 11.3 Å². The Labute approximate surface area is 172 Å². The molecule has 2 heterocycles. The molecule has 0 unspecified atom stereocenters. The molecule has 0 saturated heterocycles. The summed E-state index contributed by atoms with van der Waals surface area (Å²) in [6, 6.07) is 11.2. The maximum absolute atomic E-state index is 12.8. The highest BCUT2D eigenvalue weighted by Crippen LogP contribution is 2.37. The fraction of sp³-hybridized carbons (Fsp3) is 0.167. The van der Waals surface area contributed by atoms with Crippen LogP contribution in [0.2, 0.25) is 0 Å². The van der Waals surface area contributed by atoms with Crippen molar-refractivity contribution in [3.05, 3.63) is 55.9 Å². The highest BCUT2D eigenvalue weighted by molar-refractivity contribution is 14.1. The summed E-state index contributed by atoms with van der Waals surface area (Å²) in [5, 5.41) is 18.7. The van der Waals surface area contributed by atoms with Crippen LogP contribution in [0.3, 0.4) is 0 Å². The topological polar surface area (TPSA) is 91.1 Å². The number of H-pyrrole nitrogens is 1. The van der Waals surface area contributed by atoms with Crippen molar-refractivity contribution in [1.29, 1.82) is 0 Å². The number of aromatic amines is 1. The summed E-state index contributed by atoms with van der Waals surface area (Å²) in [5.74, 6) is 0.460. The van der Waals surface area contributed by atoms with Gasteiger partial charge in [-0.25, -0.2) is 0 Å². The normalized spacial score (nSPS) is 14.9. The largest absolute Gasteiger partial charge is 0.504 e. The summed E-state index contributed by atoms with van der Waals surface area (Å²) in [7, 11) is 1.51. The number of para-hydroxylation sites is 1. The standard InChI is InChI=1S/C18H15IN4O3S/c1-26-13-8-9(7-11(19)15(13)24)16-20-12-6-4-3-5-10(12)14-17(25)21-18(27-2)22-23(14)16/h3-8,16H,1-2H3,(H2,21,22,24,25)/p+1/t16-/m1/s1. The first-order chi connectivity index (χ1) is 13.0. The van der Waals surface area contributed by atoms with Gasteiger partial charge >= 0.3 is 11.3 Å². The number of fused-ring (bicyclic) bond motifs is 3. The van der Waals surface area contributed by atoms with Crippen molar-refractivity contribution in [3.63, 3.8) is 0 Å². The van der Waals surface area contributed by atoms with Gasteiger partial charge in [0.2, 0.25) is 5.16 Å². The van der Waals surface area contributed by atoms with E-state index in [2.05, 4.69) is 38.0 Å². The van der Waals surface area contributed by atoms with Gasteiger partial charge in [-0.3, -0.25) is 9.78 Å². The number of aromatic hydroxyl groups is 1. The average molecular weight is 495 g/mol. The number of methoxy groups -OCH3 is 1. The predicted octanol–water partition coefficient (Wildman–Crippen LogP) is 2.74. The molecule has 9 heteroatoms. The molecule has 3 N–H and O–H groups in total. The molecule has 1 aliphatic rings. The molecule has 0 amide bonds. The van der Waals surface area contributed by atoms with E-state index in [0.717, 1.165) is 16.8 Å². The van der Waals surface area contributed by atoms with Gasteiger partial charge in [-0.15, -0.1) is 0 Å². The summed E-state index contributed by atoms with van der Waals surface area (Å²) in [6.45, 7) is 0. The number of hydrogen-bond donors (Lipinski definition) is 3. The maximum atomic E-state index is 12.8. The Hall–Kier alpha value is -2.27. The van der Waals surface area contributed by atoms with Gasteiger partial charge in [-0.2, -0.15) is 0 Å².